The summed E-state index contributed by atoms with van der Waals surface area (Å²) in [6.07, 6.45) is 2.11. The normalized spacial score (nSPS) is 23.0. The van der Waals surface area contributed by atoms with Crippen LogP contribution in [0.2, 0.25) is 0 Å². The van der Waals surface area contributed by atoms with Crippen LogP contribution in [0.4, 0.5) is 0 Å². The predicted octanol–water partition coefficient (Wildman–Crippen LogP) is -2.14. The third kappa shape index (κ3) is 2.72. The van der Waals surface area contributed by atoms with E-state index in [9.17, 15) is 4.79 Å². The van der Waals surface area contributed by atoms with Crippen molar-refractivity contribution in [2.24, 2.45) is 5.41 Å². The molecule has 2 aliphatic heterocycles. The van der Waals surface area contributed by atoms with Gasteiger partial charge in [0.25, 0.3) is 0 Å². The van der Waals surface area contributed by atoms with E-state index in [1.54, 1.807) is 0 Å². The van der Waals surface area contributed by atoms with Crippen LogP contribution in [0.15, 0.2) is 48.7 Å². The first-order valence-electron chi connectivity index (χ1n) is 7.37. The van der Waals surface area contributed by atoms with E-state index in [0.717, 1.165) is 5.69 Å². The lowest BCUT2D eigenvalue weighted by Gasteiger charge is -2.43. The lowest BCUT2D eigenvalue weighted by molar-refractivity contribution is -2.00. The summed E-state index contributed by atoms with van der Waals surface area (Å²) in [7, 11) is -4.94. The molecule has 1 aromatic carbocycles. The minimum absolute atomic E-state index is 0.0996. The molecule has 24 heavy (non-hydrogen) atoms. The molecule has 3 heterocycles. The van der Waals surface area contributed by atoms with Crippen molar-refractivity contribution in [3.8, 4) is 0 Å². The number of rotatable bonds is 0. The zero-order valence-corrected chi connectivity index (χ0v) is 13.9. The van der Waals surface area contributed by atoms with Crippen molar-refractivity contribution in [3.63, 3.8) is 0 Å². The molecule has 0 spiro atoms. The Kier molecular flexibility index (Phi) is 3.98. The third-order valence-corrected chi connectivity index (χ3v) is 4.68. The molecule has 3 aliphatic rings. The Morgan fingerprint density at radius 3 is 2.12 bits per heavy atom. The Morgan fingerprint density at radius 1 is 0.958 bits per heavy atom. The minimum atomic E-state index is -4.94. The summed E-state index contributed by atoms with van der Waals surface area (Å²) in [6, 6.07) is 14.7. The van der Waals surface area contributed by atoms with Gasteiger partial charge in [-0.3, -0.25) is 4.79 Å². The van der Waals surface area contributed by atoms with Gasteiger partial charge in [0, 0.05) is 17.7 Å². The molecule has 2 atom stereocenters. The van der Waals surface area contributed by atoms with Crippen LogP contribution < -0.4 is 23.2 Å². The molecule has 126 valence electrons. The lowest BCUT2D eigenvalue weighted by Crippen LogP contribution is -2.68. The molecule has 5 rings (SSSR count). The number of halogens is 1. The first kappa shape index (κ1) is 17.0. The molecular formula is C17H16ClNO5. The van der Waals surface area contributed by atoms with Crippen molar-refractivity contribution in [2.45, 2.75) is 25.8 Å². The average molecular weight is 350 g/mol. The van der Waals surface area contributed by atoms with E-state index in [-0.39, 0.29) is 17.4 Å². The fourth-order valence-corrected chi connectivity index (χ4v) is 3.80. The number of hydrogen-bond donors (Lipinski definition) is 0. The Bertz CT molecular complexity index is 746. The minimum Gasteiger partial charge on any atom is -0.297 e. The number of aromatic nitrogens is 1. The summed E-state index contributed by atoms with van der Waals surface area (Å²) >= 11 is 0. The number of benzene rings is 1. The van der Waals surface area contributed by atoms with Crippen molar-refractivity contribution < 1.29 is 38.2 Å². The van der Waals surface area contributed by atoms with E-state index in [2.05, 4.69) is 48.9 Å². The molecule has 0 radical (unpaired) electrons. The maximum atomic E-state index is 12.8. The fourth-order valence-electron chi connectivity index (χ4n) is 3.80. The van der Waals surface area contributed by atoms with Gasteiger partial charge >= 0.3 is 0 Å². The lowest BCUT2D eigenvalue weighted by atomic mass is 9.61. The average Bonchev–Trinajstić information content (AvgIpc) is 2.48. The zero-order valence-electron chi connectivity index (χ0n) is 13.1. The van der Waals surface area contributed by atoms with Gasteiger partial charge < -0.3 is 0 Å². The summed E-state index contributed by atoms with van der Waals surface area (Å²) < 4.78 is 36.3. The van der Waals surface area contributed by atoms with E-state index in [1.165, 1.54) is 11.1 Å². The number of ketones is 1. The van der Waals surface area contributed by atoms with Crippen molar-refractivity contribution >= 4 is 5.78 Å². The van der Waals surface area contributed by atoms with Crippen molar-refractivity contribution in [3.05, 3.63) is 65.5 Å². The van der Waals surface area contributed by atoms with Gasteiger partial charge in [0.15, 0.2) is 23.7 Å². The Labute approximate surface area is 141 Å². The van der Waals surface area contributed by atoms with E-state index in [1.807, 2.05) is 18.2 Å². The quantitative estimate of drug-likeness (QED) is 0.504. The standard InChI is InChI=1S/C17H16NO.ClHO4/c1-17(2)15-12-8-4-3-7-11(12)14(16(17)19)13-9-5-6-10-18(13)15;2-1(3,4)5/h3-10,14-15H,1-2H3;(H,2,3,4,5)/q+1;/p-1/t14-,15-;/m0./s1. The maximum Gasteiger partial charge on any atom is 0.196 e. The number of carbonyl (C=O) groups is 1. The largest absolute Gasteiger partial charge is 0.297 e. The van der Waals surface area contributed by atoms with Crippen molar-refractivity contribution in [2.75, 3.05) is 0 Å². The van der Waals surface area contributed by atoms with Gasteiger partial charge in [-0.15, -0.1) is 10.2 Å². The van der Waals surface area contributed by atoms with Gasteiger partial charge in [0.1, 0.15) is 5.92 Å². The second-order valence-electron chi connectivity index (χ2n) is 6.46. The van der Waals surface area contributed by atoms with E-state index < -0.39 is 10.2 Å². The van der Waals surface area contributed by atoms with Gasteiger partial charge in [-0.2, -0.15) is 4.57 Å². The summed E-state index contributed by atoms with van der Waals surface area (Å²) in [4.78, 5) is 12.8. The maximum absolute atomic E-state index is 12.8. The summed E-state index contributed by atoms with van der Waals surface area (Å²) in [5.74, 6) is 0.250. The zero-order chi connectivity index (χ0) is 17.7. The molecule has 0 saturated carbocycles. The van der Waals surface area contributed by atoms with Crippen LogP contribution in [0.5, 0.6) is 0 Å². The van der Waals surface area contributed by atoms with Crippen LogP contribution in [0, 0.1) is 15.7 Å². The number of nitrogens with zero attached hydrogens (tertiary/aromatic N) is 1. The highest BCUT2D eigenvalue weighted by Gasteiger charge is 2.59. The summed E-state index contributed by atoms with van der Waals surface area (Å²) in [5, 5.41) is 0. The van der Waals surface area contributed by atoms with Crippen LogP contribution in [0.25, 0.3) is 0 Å². The molecule has 7 heteroatoms. The molecule has 0 fully saturated rings. The molecule has 0 saturated heterocycles. The monoisotopic (exact) mass is 349 g/mol. The van der Waals surface area contributed by atoms with E-state index in [4.69, 9.17) is 18.6 Å². The number of Topliss-reactive ketones (excluding diaryl/α,β-unsaturated/α-hetero) is 1. The molecule has 0 unspecified atom stereocenters. The number of fused-ring (bicyclic) bond motifs is 1. The van der Waals surface area contributed by atoms with Gasteiger partial charge in [0.2, 0.25) is 0 Å². The molecule has 1 aliphatic carbocycles. The Morgan fingerprint density at radius 2 is 1.50 bits per heavy atom. The number of carbonyl (C=O) groups excluding carboxylic acids is 1. The summed E-state index contributed by atoms with van der Waals surface area (Å²) in [5.41, 5.74) is 3.30. The molecule has 2 bridgehead atoms. The molecule has 1 aromatic heterocycles. The van der Waals surface area contributed by atoms with Gasteiger partial charge in [-0.1, -0.05) is 30.3 Å². The molecule has 0 N–H and O–H groups in total. The molecule has 2 aromatic rings. The predicted molar refractivity (Wildman–Crippen MR) is 71.8 cm³/mol. The van der Waals surface area contributed by atoms with Crippen molar-refractivity contribution in [1.82, 2.24) is 0 Å². The van der Waals surface area contributed by atoms with Crippen LogP contribution >= 0.6 is 0 Å². The topological polar surface area (TPSA) is 113 Å². The highest BCUT2D eigenvalue weighted by atomic mass is 35.7. The third-order valence-electron chi connectivity index (χ3n) is 4.68. The fraction of sp³-hybridized carbons (Fsp3) is 0.294. The Balaban J connectivity index is 0.000000300. The Hall–Kier alpha value is -1.83. The molecule has 0 amide bonds. The highest BCUT2D eigenvalue weighted by Crippen LogP contribution is 2.51. The van der Waals surface area contributed by atoms with Gasteiger partial charge in [0.05, 0.1) is 5.41 Å². The smallest absolute Gasteiger partial charge is 0.196 e. The second-order valence-corrected chi connectivity index (χ2v) is 7.22. The second kappa shape index (κ2) is 5.61. The van der Waals surface area contributed by atoms with E-state index >= 15 is 0 Å². The highest BCUT2D eigenvalue weighted by molar-refractivity contribution is 5.96. The number of pyridine rings is 1. The summed E-state index contributed by atoms with van der Waals surface area (Å²) in [6.45, 7) is 4.15. The van der Waals surface area contributed by atoms with Crippen molar-refractivity contribution in [1.29, 1.82) is 0 Å². The molecule has 6 nitrogen and oxygen atoms in total. The molecular weight excluding hydrogens is 334 g/mol. The van der Waals surface area contributed by atoms with Gasteiger partial charge in [-0.25, -0.2) is 18.6 Å². The van der Waals surface area contributed by atoms with Crippen LogP contribution in [-0.4, -0.2) is 5.78 Å². The van der Waals surface area contributed by atoms with Crippen LogP contribution in [0.1, 0.15) is 42.6 Å². The first-order chi connectivity index (χ1) is 11.1. The van der Waals surface area contributed by atoms with Crippen LogP contribution in [0.3, 0.4) is 0 Å². The van der Waals surface area contributed by atoms with Crippen LogP contribution in [-0.2, 0) is 4.79 Å². The first-order valence-corrected chi connectivity index (χ1v) is 8.61. The van der Waals surface area contributed by atoms with Gasteiger partial charge in [-0.05, 0) is 19.4 Å². The number of hydrogen-bond acceptors (Lipinski definition) is 5. The SMILES string of the molecule is CC1(C)C(=O)[C@H]2c3ccccc3[C@@H]1[n+]1ccccc12.[O-][Cl+3]([O-])([O-])[O-]. The van der Waals surface area contributed by atoms with E-state index in [0.29, 0.717) is 5.78 Å².